The van der Waals surface area contributed by atoms with Gasteiger partial charge in [0, 0.05) is 6.04 Å². The molecule has 0 bridgehead atoms. The Balaban J connectivity index is 1.91. The number of carbonyl (C=O) groups is 2. The molecule has 114 valence electrons. The van der Waals surface area contributed by atoms with Crippen LogP contribution >= 0.6 is 15.9 Å². The molecule has 1 aliphatic carbocycles. The van der Waals surface area contributed by atoms with Crippen LogP contribution in [0.25, 0.3) is 0 Å². The maximum Gasteiger partial charge on any atom is 0.342 e. The molecule has 0 unspecified atom stereocenters. The van der Waals surface area contributed by atoms with Crippen molar-refractivity contribution in [3.8, 4) is 5.75 Å². The van der Waals surface area contributed by atoms with Crippen LogP contribution in [0.1, 0.15) is 41.6 Å². The van der Waals surface area contributed by atoms with Gasteiger partial charge in [-0.1, -0.05) is 12.8 Å². The first-order valence-electron chi connectivity index (χ1n) is 6.93. The maximum atomic E-state index is 11.9. The number of phenols is 1. The average molecular weight is 356 g/mol. The Morgan fingerprint density at radius 2 is 2.05 bits per heavy atom. The molecule has 1 aromatic rings. The lowest BCUT2D eigenvalue weighted by molar-refractivity contribution is -0.124. The minimum atomic E-state index is -0.710. The largest absolute Gasteiger partial charge is 0.506 e. The van der Waals surface area contributed by atoms with Crippen LogP contribution in [-0.4, -0.2) is 29.6 Å². The fraction of sp³-hybridized carbons (Fsp3) is 0.467. The number of halogens is 1. The first-order chi connectivity index (χ1) is 9.97. The molecule has 2 N–H and O–H groups in total. The predicted octanol–water partition coefficient (Wildman–Crippen LogP) is 2.68. The molecule has 2 rings (SSSR count). The second-order valence-electron chi connectivity index (χ2n) is 5.27. The summed E-state index contributed by atoms with van der Waals surface area (Å²) in [4.78, 5) is 23.6. The molecule has 0 spiro atoms. The molecule has 1 aromatic carbocycles. The van der Waals surface area contributed by atoms with Crippen molar-refractivity contribution in [1.29, 1.82) is 0 Å². The summed E-state index contributed by atoms with van der Waals surface area (Å²) in [6.07, 6.45) is 4.20. The standard InChI is InChI=1S/C15H18BrNO4/c1-9-6-11(14(19)12(16)7-9)15(20)21-8-13(18)17-10-4-2-3-5-10/h6-7,10,19H,2-5,8H2,1H3,(H,17,18). The molecule has 21 heavy (non-hydrogen) atoms. The monoisotopic (exact) mass is 355 g/mol. The summed E-state index contributed by atoms with van der Waals surface area (Å²) in [5.41, 5.74) is 0.859. The summed E-state index contributed by atoms with van der Waals surface area (Å²) in [5, 5.41) is 12.7. The van der Waals surface area contributed by atoms with Crippen molar-refractivity contribution < 1.29 is 19.4 Å². The summed E-state index contributed by atoms with van der Waals surface area (Å²) in [6, 6.07) is 3.41. The number of amides is 1. The average Bonchev–Trinajstić information content (AvgIpc) is 2.93. The van der Waals surface area contributed by atoms with Crippen LogP contribution in [0.15, 0.2) is 16.6 Å². The molecule has 0 aromatic heterocycles. The van der Waals surface area contributed by atoms with Crippen molar-refractivity contribution in [2.75, 3.05) is 6.61 Å². The topological polar surface area (TPSA) is 75.6 Å². The number of ether oxygens (including phenoxy) is 1. The summed E-state index contributed by atoms with van der Waals surface area (Å²) in [6.45, 7) is 1.47. The second-order valence-corrected chi connectivity index (χ2v) is 6.12. The van der Waals surface area contributed by atoms with Gasteiger partial charge in [0.15, 0.2) is 6.61 Å². The van der Waals surface area contributed by atoms with Crippen LogP contribution in [0.5, 0.6) is 5.75 Å². The molecular formula is C15H18BrNO4. The van der Waals surface area contributed by atoms with Crippen LogP contribution in [0, 0.1) is 6.92 Å². The van der Waals surface area contributed by atoms with Gasteiger partial charge in [-0.05, 0) is 53.4 Å². The van der Waals surface area contributed by atoms with E-state index in [0.29, 0.717) is 4.47 Å². The highest BCUT2D eigenvalue weighted by atomic mass is 79.9. The highest BCUT2D eigenvalue weighted by Crippen LogP contribution is 2.29. The predicted molar refractivity (Wildman–Crippen MR) is 81.2 cm³/mol. The fourth-order valence-electron chi connectivity index (χ4n) is 2.44. The van der Waals surface area contributed by atoms with Gasteiger partial charge < -0.3 is 15.2 Å². The van der Waals surface area contributed by atoms with E-state index in [1.54, 1.807) is 13.0 Å². The third-order valence-electron chi connectivity index (χ3n) is 3.48. The smallest absolute Gasteiger partial charge is 0.342 e. The number of carbonyl (C=O) groups excluding carboxylic acids is 2. The Bertz CT molecular complexity index is 553. The van der Waals surface area contributed by atoms with Crippen LogP contribution in [0.4, 0.5) is 0 Å². The third-order valence-corrected chi connectivity index (χ3v) is 4.09. The molecule has 0 aliphatic heterocycles. The van der Waals surface area contributed by atoms with E-state index >= 15 is 0 Å². The number of hydrogen-bond acceptors (Lipinski definition) is 4. The van der Waals surface area contributed by atoms with Crippen LogP contribution in [0.2, 0.25) is 0 Å². The number of benzene rings is 1. The molecule has 0 heterocycles. The number of nitrogens with one attached hydrogen (secondary N) is 1. The van der Waals surface area contributed by atoms with E-state index in [4.69, 9.17) is 4.74 Å². The second kappa shape index (κ2) is 6.93. The Kier molecular flexibility index (Phi) is 5.22. The third kappa shape index (κ3) is 4.20. The lowest BCUT2D eigenvalue weighted by Gasteiger charge is -2.12. The van der Waals surface area contributed by atoms with Crippen molar-refractivity contribution >= 4 is 27.8 Å². The number of rotatable bonds is 4. The summed E-state index contributed by atoms with van der Waals surface area (Å²) in [7, 11) is 0. The van der Waals surface area contributed by atoms with Crippen LogP contribution in [0.3, 0.4) is 0 Å². The highest BCUT2D eigenvalue weighted by molar-refractivity contribution is 9.10. The zero-order chi connectivity index (χ0) is 15.4. The number of hydrogen-bond donors (Lipinski definition) is 2. The number of esters is 1. The van der Waals surface area contributed by atoms with Crippen molar-refractivity contribution in [1.82, 2.24) is 5.32 Å². The van der Waals surface area contributed by atoms with E-state index < -0.39 is 5.97 Å². The highest BCUT2D eigenvalue weighted by Gasteiger charge is 2.20. The number of aromatic hydroxyl groups is 1. The van der Waals surface area contributed by atoms with Gasteiger partial charge in [-0.15, -0.1) is 0 Å². The molecule has 1 amide bonds. The zero-order valence-corrected chi connectivity index (χ0v) is 13.4. The van der Waals surface area contributed by atoms with Gasteiger partial charge in [-0.25, -0.2) is 4.79 Å². The molecule has 5 nitrogen and oxygen atoms in total. The first kappa shape index (κ1) is 15.8. The number of phenolic OH excluding ortho intramolecular Hbond substituents is 1. The quantitative estimate of drug-likeness (QED) is 0.814. The van der Waals surface area contributed by atoms with Crippen molar-refractivity contribution in [2.24, 2.45) is 0 Å². The van der Waals surface area contributed by atoms with Crippen molar-refractivity contribution in [2.45, 2.75) is 38.6 Å². The Morgan fingerprint density at radius 3 is 2.71 bits per heavy atom. The minimum absolute atomic E-state index is 0.0514. The SMILES string of the molecule is Cc1cc(Br)c(O)c(C(=O)OCC(=O)NC2CCCC2)c1. The van der Waals surface area contributed by atoms with Crippen LogP contribution < -0.4 is 5.32 Å². The Morgan fingerprint density at radius 1 is 1.38 bits per heavy atom. The Labute approximate surface area is 131 Å². The van der Waals surface area contributed by atoms with E-state index in [-0.39, 0.29) is 29.9 Å². The fourth-order valence-corrected chi connectivity index (χ4v) is 3.01. The molecule has 1 aliphatic rings. The van der Waals surface area contributed by atoms with E-state index in [0.717, 1.165) is 31.2 Å². The molecule has 6 heteroatoms. The molecule has 1 saturated carbocycles. The minimum Gasteiger partial charge on any atom is -0.506 e. The Hall–Kier alpha value is -1.56. The summed E-state index contributed by atoms with van der Waals surface area (Å²) < 4.78 is 5.38. The lowest BCUT2D eigenvalue weighted by Crippen LogP contribution is -2.35. The van der Waals surface area contributed by atoms with E-state index in [1.165, 1.54) is 6.07 Å². The van der Waals surface area contributed by atoms with Gasteiger partial charge in [-0.2, -0.15) is 0 Å². The summed E-state index contributed by atoms with van der Waals surface area (Å²) in [5.74, 6) is -1.19. The van der Waals surface area contributed by atoms with Gasteiger partial charge in [0.25, 0.3) is 5.91 Å². The molecular weight excluding hydrogens is 338 g/mol. The molecule has 0 atom stereocenters. The van der Waals surface area contributed by atoms with E-state index in [1.807, 2.05) is 0 Å². The maximum absolute atomic E-state index is 11.9. The van der Waals surface area contributed by atoms with E-state index in [9.17, 15) is 14.7 Å². The lowest BCUT2D eigenvalue weighted by atomic mass is 10.1. The summed E-state index contributed by atoms with van der Waals surface area (Å²) >= 11 is 3.17. The van der Waals surface area contributed by atoms with Gasteiger partial charge in [0.2, 0.25) is 0 Å². The van der Waals surface area contributed by atoms with Gasteiger partial charge in [0.05, 0.1) is 4.47 Å². The van der Waals surface area contributed by atoms with Gasteiger partial charge in [0.1, 0.15) is 11.3 Å². The molecule has 0 radical (unpaired) electrons. The van der Waals surface area contributed by atoms with Crippen molar-refractivity contribution in [3.05, 3.63) is 27.7 Å². The van der Waals surface area contributed by atoms with E-state index in [2.05, 4.69) is 21.2 Å². The number of aryl methyl sites for hydroxylation is 1. The normalized spacial score (nSPS) is 15.0. The van der Waals surface area contributed by atoms with Crippen molar-refractivity contribution in [3.63, 3.8) is 0 Å². The van der Waals surface area contributed by atoms with Gasteiger partial charge >= 0.3 is 5.97 Å². The zero-order valence-electron chi connectivity index (χ0n) is 11.8. The first-order valence-corrected chi connectivity index (χ1v) is 7.72. The molecule has 0 saturated heterocycles. The molecule has 1 fully saturated rings. The van der Waals surface area contributed by atoms with Crippen LogP contribution in [-0.2, 0) is 9.53 Å². The van der Waals surface area contributed by atoms with Gasteiger partial charge in [-0.3, -0.25) is 4.79 Å².